The lowest BCUT2D eigenvalue weighted by Crippen LogP contribution is -2.35. The summed E-state index contributed by atoms with van der Waals surface area (Å²) < 4.78 is 15.4. The molecule has 0 spiro atoms. The summed E-state index contributed by atoms with van der Waals surface area (Å²) in [4.78, 5) is 36.1. The number of benzene rings is 2. The minimum Gasteiger partial charge on any atom is -0.454 e. The molecule has 0 unspecified atom stereocenters. The number of carbonyl (C=O) groups is 3. The van der Waals surface area contributed by atoms with E-state index in [0.717, 1.165) is 0 Å². The van der Waals surface area contributed by atoms with Gasteiger partial charge in [-0.25, -0.2) is 0 Å². The van der Waals surface area contributed by atoms with Crippen LogP contribution in [0.25, 0.3) is 0 Å². The second-order valence-electron chi connectivity index (χ2n) is 5.88. The molecule has 28 heavy (non-hydrogen) atoms. The van der Waals surface area contributed by atoms with Crippen molar-refractivity contribution >= 4 is 35.1 Å². The zero-order valence-electron chi connectivity index (χ0n) is 14.9. The predicted molar refractivity (Wildman–Crippen MR) is 101 cm³/mol. The molecule has 8 nitrogen and oxygen atoms in total. The lowest BCUT2D eigenvalue weighted by Gasteiger charge is -2.14. The lowest BCUT2D eigenvalue weighted by molar-refractivity contribution is -0.152. The SMILES string of the molecule is C[C@@H](OC(=O)CNC(=O)c1ccc2c(c1)OCO2)C(=O)Nc1ccc(Cl)cc1. The van der Waals surface area contributed by atoms with Gasteiger partial charge in [-0.2, -0.15) is 0 Å². The van der Waals surface area contributed by atoms with Crippen LogP contribution in [0.3, 0.4) is 0 Å². The molecular formula is C19H17ClN2O6. The Labute approximate surface area is 165 Å². The first-order chi connectivity index (χ1) is 13.4. The van der Waals surface area contributed by atoms with Crippen LogP contribution in [-0.2, 0) is 14.3 Å². The molecule has 3 rings (SSSR count). The number of hydrogen-bond acceptors (Lipinski definition) is 6. The summed E-state index contributed by atoms with van der Waals surface area (Å²) in [5, 5.41) is 5.57. The van der Waals surface area contributed by atoms with Crippen LogP contribution in [0.2, 0.25) is 5.02 Å². The smallest absolute Gasteiger partial charge is 0.326 e. The van der Waals surface area contributed by atoms with Crippen molar-refractivity contribution in [2.75, 3.05) is 18.7 Å². The second-order valence-corrected chi connectivity index (χ2v) is 6.32. The molecule has 0 radical (unpaired) electrons. The third kappa shape index (κ3) is 4.92. The molecular weight excluding hydrogens is 388 g/mol. The number of nitrogens with one attached hydrogen (secondary N) is 2. The Morgan fingerprint density at radius 2 is 1.82 bits per heavy atom. The van der Waals surface area contributed by atoms with E-state index in [0.29, 0.717) is 27.8 Å². The number of esters is 1. The molecule has 0 aliphatic carbocycles. The van der Waals surface area contributed by atoms with E-state index in [1.807, 2.05) is 0 Å². The molecule has 2 N–H and O–H groups in total. The first-order valence-corrected chi connectivity index (χ1v) is 8.74. The molecule has 0 saturated carbocycles. The number of rotatable bonds is 6. The van der Waals surface area contributed by atoms with Gasteiger partial charge in [0.1, 0.15) is 6.54 Å². The van der Waals surface area contributed by atoms with Gasteiger partial charge in [0.2, 0.25) is 6.79 Å². The monoisotopic (exact) mass is 404 g/mol. The van der Waals surface area contributed by atoms with Crippen molar-refractivity contribution in [1.29, 1.82) is 0 Å². The Kier molecular flexibility index (Phi) is 6.00. The van der Waals surface area contributed by atoms with Gasteiger partial charge in [0.05, 0.1) is 0 Å². The minimum absolute atomic E-state index is 0.0999. The lowest BCUT2D eigenvalue weighted by atomic mass is 10.2. The number of halogens is 1. The highest BCUT2D eigenvalue weighted by molar-refractivity contribution is 6.30. The van der Waals surface area contributed by atoms with Crippen LogP contribution >= 0.6 is 11.6 Å². The van der Waals surface area contributed by atoms with Gasteiger partial charge in [0.25, 0.3) is 11.8 Å². The molecule has 1 aliphatic rings. The Hall–Kier alpha value is -3.26. The van der Waals surface area contributed by atoms with Crippen LogP contribution in [0.5, 0.6) is 11.5 Å². The van der Waals surface area contributed by atoms with E-state index in [1.54, 1.807) is 36.4 Å². The van der Waals surface area contributed by atoms with Gasteiger partial charge in [-0.3, -0.25) is 14.4 Å². The van der Waals surface area contributed by atoms with Crippen molar-refractivity contribution in [2.24, 2.45) is 0 Å². The third-order valence-corrected chi connectivity index (χ3v) is 4.07. The number of anilines is 1. The van der Waals surface area contributed by atoms with Crippen LogP contribution in [0.15, 0.2) is 42.5 Å². The highest BCUT2D eigenvalue weighted by Gasteiger charge is 2.20. The first kappa shape index (κ1) is 19.5. The fourth-order valence-electron chi connectivity index (χ4n) is 2.36. The predicted octanol–water partition coefficient (Wildman–Crippen LogP) is 2.37. The molecule has 1 aliphatic heterocycles. The summed E-state index contributed by atoms with van der Waals surface area (Å²) in [6.07, 6.45) is -1.04. The van der Waals surface area contributed by atoms with E-state index < -0.39 is 23.9 Å². The molecule has 2 aromatic carbocycles. The van der Waals surface area contributed by atoms with Crippen LogP contribution < -0.4 is 20.1 Å². The molecule has 9 heteroatoms. The standard InChI is InChI=1S/C19H17ClN2O6/c1-11(18(24)22-14-5-3-13(20)4-6-14)28-17(23)9-21-19(25)12-2-7-15-16(8-12)27-10-26-15/h2-8,11H,9-10H2,1H3,(H,21,25)(H,22,24)/t11-/m1/s1. The summed E-state index contributed by atoms with van der Waals surface area (Å²) in [6, 6.07) is 11.2. The van der Waals surface area contributed by atoms with Gasteiger partial charge in [-0.15, -0.1) is 0 Å². The molecule has 146 valence electrons. The number of ether oxygens (including phenoxy) is 3. The van der Waals surface area contributed by atoms with Gasteiger partial charge < -0.3 is 24.8 Å². The Morgan fingerprint density at radius 3 is 2.57 bits per heavy atom. The number of fused-ring (bicyclic) bond motifs is 1. The van der Waals surface area contributed by atoms with Crippen LogP contribution in [-0.4, -0.2) is 37.2 Å². The highest BCUT2D eigenvalue weighted by Crippen LogP contribution is 2.32. The molecule has 1 heterocycles. The van der Waals surface area contributed by atoms with E-state index >= 15 is 0 Å². The van der Waals surface area contributed by atoms with Crippen molar-refractivity contribution in [3.05, 3.63) is 53.1 Å². The zero-order chi connectivity index (χ0) is 20.1. The summed E-state index contributed by atoms with van der Waals surface area (Å²) in [7, 11) is 0. The maximum Gasteiger partial charge on any atom is 0.326 e. The molecule has 0 saturated heterocycles. The van der Waals surface area contributed by atoms with Gasteiger partial charge in [-0.1, -0.05) is 11.6 Å². The molecule has 2 aromatic rings. The molecule has 2 amide bonds. The Balaban J connectivity index is 1.46. The molecule has 0 aromatic heterocycles. The van der Waals surface area contributed by atoms with Crippen molar-refractivity contribution in [1.82, 2.24) is 5.32 Å². The normalized spacial score (nSPS) is 12.8. The van der Waals surface area contributed by atoms with Gasteiger partial charge in [0, 0.05) is 16.3 Å². The molecule has 0 bridgehead atoms. The fourth-order valence-corrected chi connectivity index (χ4v) is 2.49. The topological polar surface area (TPSA) is 103 Å². The maximum absolute atomic E-state index is 12.1. The highest BCUT2D eigenvalue weighted by atomic mass is 35.5. The maximum atomic E-state index is 12.1. The van der Waals surface area contributed by atoms with Crippen LogP contribution in [0.1, 0.15) is 17.3 Å². The Bertz CT molecular complexity index is 900. The van der Waals surface area contributed by atoms with Crippen molar-refractivity contribution in [3.8, 4) is 11.5 Å². The number of hydrogen-bond donors (Lipinski definition) is 2. The van der Waals surface area contributed by atoms with E-state index in [2.05, 4.69) is 10.6 Å². The molecule has 1 atom stereocenters. The summed E-state index contributed by atoms with van der Waals surface area (Å²) in [5.41, 5.74) is 0.832. The van der Waals surface area contributed by atoms with E-state index in [-0.39, 0.29) is 13.3 Å². The van der Waals surface area contributed by atoms with Crippen LogP contribution in [0, 0.1) is 0 Å². The fraction of sp³-hybridized carbons (Fsp3) is 0.211. The van der Waals surface area contributed by atoms with Gasteiger partial charge >= 0.3 is 5.97 Å². The molecule has 0 fully saturated rings. The number of carbonyl (C=O) groups excluding carboxylic acids is 3. The largest absolute Gasteiger partial charge is 0.454 e. The summed E-state index contributed by atoms with van der Waals surface area (Å²) >= 11 is 5.78. The van der Waals surface area contributed by atoms with Crippen molar-refractivity contribution < 1.29 is 28.6 Å². The van der Waals surface area contributed by atoms with E-state index in [4.69, 9.17) is 25.8 Å². The quantitative estimate of drug-likeness (QED) is 0.716. The average Bonchev–Trinajstić information content (AvgIpc) is 3.15. The van der Waals surface area contributed by atoms with E-state index in [9.17, 15) is 14.4 Å². The minimum atomic E-state index is -1.04. The summed E-state index contributed by atoms with van der Waals surface area (Å²) in [6.45, 7) is 1.15. The van der Waals surface area contributed by atoms with Crippen molar-refractivity contribution in [3.63, 3.8) is 0 Å². The third-order valence-electron chi connectivity index (χ3n) is 3.82. The van der Waals surface area contributed by atoms with Crippen molar-refractivity contribution in [2.45, 2.75) is 13.0 Å². The number of amides is 2. The second kappa shape index (κ2) is 8.62. The van der Waals surface area contributed by atoms with Crippen LogP contribution in [0.4, 0.5) is 5.69 Å². The average molecular weight is 405 g/mol. The van der Waals surface area contributed by atoms with E-state index in [1.165, 1.54) is 13.0 Å². The van der Waals surface area contributed by atoms with Gasteiger partial charge in [-0.05, 0) is 49.4 Å². The first-order valence-electron chi connectivity index (χ1n) is 8.36. The summed E-state index contributed by atoms with van der Waals surface area (Å²) in [5.74, 6) is -0.710. The zero-order valence-corrected chi connectivity index (χ0v) is 15.6. The van der Waals surface area contributed by atoms with Gasteiger partial charge in [0.15, 0.2) is 17.6 Å². The Morgan fingerprint density at radius 1 is 1.11 bits per heavy atom.